The van der Waals surface area contributed by atoms with Crippen molar-refractivity contribution in [1.82, 2.24) is 5.32 Å². The van der Waals surface area contributed by atoms with Gasteiger partial charge in [0.1, 0.15) is 12.2 Å². The Labute approximate surface area is 105 Å². The van der Waals surface area contributed by atoms with Gasteiger partial charge in [-0.25, -0.2) is 14.4 Å². The summed E-state index contributed by atoms with van der Waals surface area (Å²) < 4.78 is 9.56. The zero-order valence-corrected chi connectivity index (χ0v) is 10.6. The standard InChI is InChI=1S/C11H17NO6/c1-11(2,3)18-10(16)12-6-7-17-9(15)5-4-8(13)14/h4-5H,6-7H2,1-3H3,(H,12,16)(H,13,14)/b5-4+. The largest absolute Gasteiger partial charge is 0.478 e. The number of esters is 1. The molecule has 0 aliphatic rings. The van der Waals surface area contributed by atoms with Crippen molar-refractivity contribution in [1.29, 1.82) is 0 Å². The quantitative estimate of drug-likeness (QED) is 0.428. The molecule has 0 aromatic carbocycles. The maximum atomic E-state index is 11.2. The van der Waals surface area contributed by atoms with Gasteiger partial charge >= 0.3 is 18.0 Å². The Balaban J connectivity index is 3.71. The maximum Gasteiger partial charge on any atom is 0.407 e. The first-order chi connectivity index (χ1) is 8.20. The first kappa shape index (κ1) is 16.0. The molecule has 102 valence electrons. The Kier molecular flexibility index (Phi) is 6.48. The minimum Gasteiger partial charge on any atom is -0.478 e. The molecule has 0 heterocycles. The molecule has 18 heavy (non-hydrogen) atoms. The van der Waals surface area contributed by atoms with Crippen molar-refractivity contribution in [2.24, 2.45) is 0 Å². The molecule has 0 spiro atoms. The molecular formula is C11H17NO6. The predicted octanol–water partition coefficient (Wildman–Crippen LogP) is 0.695. The van der Waals surface area contributed by atoms with E-state index < -0.39 is 23.6 Å². The molecule has 0 rings (SSSR count). The summed E-state index contributed by atoms with van der Waals surface area (Å²) in [6.45, 7) is 5.19. The van der Waals surface area contributed by atoms with Crippen LogP contribution < -0.4 is 5.32 Å². The number of hydrogen-bond donors (Lipinski definition) is 2. The normalized spacial score (nSPS) is 11.1. The second kappa shape index (κ2) is 7.31. The molecule has 0 aromatic rings. The number of aliphatic carboxylic acids is 1. The van der Waals surface area contributed by atoms with Gasteiger partial charge in [0.05, 0.1) is 6.54 Å². The lowest BCUT2D eigenvalue weighted by Gasteiger charge is -2.19. The third kappa shape index (κ3) is 10.5. The molecule has 0 saturated heterocycles. The van der Waals surface area contributed by atoms with E-state index in [2.05, 4.69) is 10.1 Å². The summed E-state index contributed by atoms with van der Waals surface area (Å²) in [5.41, 5.74) is -0.592. The monoisotopic (exact) mass is 259 g/mol. The summed E-state index contributed by atoms with van der Waals surface area (Å²) >= 11 is 0. The number of rotatable bonds is 5. The van der Waals surface area contributed by atoms with E-state index in [1.54, 1.807) is 20.8 Å². The average molecular weight is 259 g/mol. The van der Waals surface area contributed by atoms with Crippen LogP contribution in [0.5, 0.6) is 0 Å². The SMILES string of the molecule is CC(C)(C)OC(=O)NCCOC(=O)/C=C/C(=O)O. The molecule has 0 unspecified atom stereocenters. The topological polar surface area (TPSA) is 102 Å². The van der Waals surface area contributed by atoms with Crippen LogP contribution in [0.15, 0.2) is 12.2 Å². The van der Waals surface area contributed by atoms with Crippen LogP contribution in [-0.4, -0.2) is 41.9 Å². The van der Waals surface area contributed by atoms with Gasteiger partial charge in [-0.1, -0.05) is 0 Å². The van der Waals surface area contributed by atoms with Gasteiger partial charge in [-0.15, -0.1) is 0 Å². The fourth-order valence-electron chi connectivity index (χ4n) is 0.806. The second-order valence-electron chi connectivity index (χ2n) is 4.27. The highest BCUT2D eigenvalue weighted by Gasteiger charge is 2.15. The Morgan fingerprint density at radius 3 is 2.33 bits per heavy atom. The van der Waals surface area contributed by atoms with Crippen molar-refractivity contribution < 1.29 is 29.0 Å². The summed E-state index contributed by atoms with van der Waals surface area (Å²) in [6, 6.07) is 0. The Hall–Kier alpha value is -2.05. The minimum atomic E-state index is -1.24. The summed E-state index contributed by atoms with van der Waals surface area (Å²) in [7, 11) is 0. The highest BCUT2D eigenvalue weighted by atomic mass is 16.6. The van der Waals surface area contributed by atoms with E-state index in [0.717, 1.165) is 6.08 Å². The van der Waals surface area contributed by atoms with Crippen LogP contribution in [0.3, 0.4) is 0 Å². The molecule has 7 heteroatoms. The van der Waals surface area contributed by atoms with Crippen LogP contribution in [0.2, 0.25) is 0 Å². The molecule has 0 fully saturated rings. The molecule has 0 radical (unpaired) electrons. The molecule has 0 atom stereocenters. The average Bonchev–Trinajstić information content (AvgIpc) is 2.19. The number of nitrogens with one attached hydrogen (secondary N) is 1. The third-order valence-corrected chi connectivity index (χ3v) is 1.38. The summed E-state index contributed by atoms with van der Waals surface area (Å²) in [5, 5.41) is 10.6. The fraction of sp³-hybridized carbons (Fsp3) is 0.545. The molecule has 7 nitrogen and oxygen atoms in total. The van der Waals surface area contributed by atoms with Gasteiger partial charge in [0.25, 0.3) is 0 Å². The number of alkyl carbamates (subject to hydrolysis) is 1. The van der Waals surface area contributed by atoms with E-state index in [1.807, 2.05) is 0 Å². The summed E-state index contributed by atoms with van der Waals surface area (Å²) in [4.78, 5) is 32.1. The van der Waals surface area contributed by atoms with Gasteiger partial charge in [-0.05, 0) is 20.8 Å². The predicted molar refractivity (Wildman–Crippen MR) is 62.0 cm³/mol. The van der Waals surface area contributed by atoms with Crippen molar-refractivity contribution in [2.45, 2.75) is 26.4 Å². The van der Waals surface area contributed by atoms with E-state index in [-0.39, 0.29) is 13.2 Å². The lowest BCUT2D eigenvalue weighted by molar-refractivity contribution is -0.138. The number of amides is 1. The minimum absolute atomic E-state index is 0.0674. The van der Waals surface area contributed by atoms with E-state index in [9.17, 15) is 14.4 Å². The van der Waals surface area contributed by atoms with Crippen molar-refractivity contribution in [2.75, 3.05) is 13.2 Å². The van der Waals surface area contributed by atoms with Crippen molar-refractivity contribution in [3.8, 4) is 0 Å². The first-order valence-electron chi connectivity index (χ1n) is 5.25. The number of hydrogen-bond acceptors (Lipinski definition) is 5. The molecule has 0 saturated carbocycles. The summed E-state index contributed by atoms with van der Waals surface area (Å²) in [6.07, 6.45) is 0.846. The van der Waals surface area contributed by atoms with Gasteiger partial charge in [0, 0.05) is 12.2 Å². The highest BCUT2D eigenvalue weighted by Crippen LogP contribution is 2.05. The van der Waals surface area contributed by atoms with Crippen LogP contribution in [0.1, 0.15) is 20.8 Å². The Bertz CT molecular complexity index is 342. The lowest BCUT2D eigenvalue weighted by Crippen LogP contribution is -2.34. The van der Waals surface area contributed by atoms with Crippen LogP contribution in [0.4, 0.5) is 4.79 Å². The first-order valence-corrected chi connectivity index (χ1v) is 5.25. The van der Waals surface area contributed by atoms with E-state index in [1.165, 1.54) is 0 Å². The molecule has 0 aliphatic carbocycles. The Morgan fingerprint density at radius 1 is 1.22 bits per heavy atom. The number of carboxylic acids is 1. The van der Waals surface area contributed by atoms with Crippen molar-refractivity contribution >= 4 is 18.0 Å². The zero-order valence-electron chi connectivity index (χ0n) is 10.6. The molecule has 1 amide bonds. The van der Waals surface area contributed by atoms with Crippen LogP contribution in [0.25, 0.3) is 0 Å². The molecule has 0 aliphatic heterocycles. The maximum absolute atomic E-state index is 11.2. The molecule has 0 aromatic heterocycles. The van der Waals surface area contributed by atoms with E-state index in [0.29, 0.717) is 6.08 Å². The van der Waals surface area contributed by atoms with E-state index in [4.69, 9.17) is 9.84 Å². The van der Waals surface area contributed by atoms with Crippen LogP contribution >= 0.6 is 0 Å². The molecule has 0 bridgehead atoms. The number of ether oxygens (including phenoxy) is 2. The van der Waals surface area contributed by atoms with Gasteiger partial charge < -0.3 is 19.9 Å². The number of carbonyl (C=O) groups is 3. The van der Waals surface area contributed by atoms with Gasteiger partial charge in [0.15, 0.2) is 0 Å². The lowest BCUT2D eigenvalue weighted by atomic mass is 10.2. The smallest absolute Gasteiger partial charge is 0.407 e. The van der Waals surface area contributed by atoms with Crippen molar-refractivity contribution in [3.63, 3.8) is 0 Å². The highest BCUT2D eigenvalue weighted by molar-refractivity contribution is 5.90. The number of carbonyl (C=O) groups excluding carboxylic acids is 2. The zero-order chi connectivity index (χ0) is 14.2. The van der Waals surface area contributed by atoms with Crippen LogP contribution in [0, 0.1) is 0 Å². The van der Waals surface area contributed by atoms with E-state index >= 15 is 0 Å². The third-order valence-electron chi connectivity index (χ3n) is 1.38. The second-order valence-corrected chi connectivity index (χ2v) is 4.27. The fourth-order valence-corrected chi connectivity index (χ4v) is 0.806. The van der Waals surface area contributed by atoms with Gasteiger partial charge in [-0.3, -0.25) is 0 Å². The molecule has 2 N–H and O–H groups in total. The summed E-state index contributed by atoms with van der Waals surface area (Å²) in [5.74, 6) is -2.03. The van der Waals surface area contributed by atoms with Crippen LogP contribution in [-0.2, 0) is 19.1 Å². The van der Waals surface area contributed by atoms with Gasteiger partial charge in [-0.2, -0.15) is 0 Å². The number of carboxylic acid groups (broad SMARTS) is 1. The Morgan fingerprint density at radius 2 is 1.83 bits per heavy atom. The van der Waals surface area contributed by atoms with Gasteiger partial charge in [0.2, 0.25) is 0 Å². The molecular weight excluding hydrogens is 242 g/mol. The van der Waals surface area contributed by atoms with Crippen molar-refractivity contribution in [3.05, 3.63) is 12.2 Å².